The van der Waals surface area contributed by atoms with E-state index in [4.69, 9.17) is 5.11 Å². The average molecular weight is 570 g/mol. The molecule has 1 saturated heterocycles. The predicted molar refractivity (Wildman–Crippen MR) is 143 cm³/mol. The first-order chi connectivity index (χ1) is 19.5. The zero-order valence-electron chi connectivity index (χ0n) is 21.3. The Labute approximate surface area is 230 Å². The van der Waals surface area contributed by atoms with E-state index in [1.807, 2.05) is 4.90 Å². The van der Waals surface area contributed by atoms with Crippen LogP contribution in [0.3, 0.4) is 0 Å². The second-order valence-corrected chi connectivity index (χ2v) is 9.49. The van der Waals surface area contributed by atoms with Gasteiger partial charge in [-0.2, -0.15) is 18.3 Å². The third-order valence-electron chi connectivity index (χ3n) is 6.56. The number of nitrogens with one attached hydrogen (secondary N) is 2. The van der Waals surface area contributed by atoms with Gasteiger partial charge >= 0.3 is 12.1 Å². The number of rotatable bonds is 8. The summed E-state index contributed by atoms with van der Waals surface area (Å²) in [5, 5.41) is 18.6. The number of nitrogens with zero attached hydrogens (tertiary/aromatic N) is 3. The summed E-state index contributed by atoms with van der Waals surface area (Å²) < 4.78 is 53.9. The Bertz CT molecular complexity index is 1660. The zero-order chi connectivity index (χ0) is 29.3. The van der Waals surface area contributed by atoms with Crippen LogP contribution in [0.5, 0.6) is 0 Å². The fourth-order valence-electron chi connectivity index (χ4n) is 4.57. The second kappa shape index (κ2) is 10.9. The minimum absolute atomic E-state index is 0.0675. The largest absolute Gasteiger partial charge is 0.481 e. The Kier molecular flexibility index (Phi) is 7.35. The van der Waals surface area contributed by atoms with Gasteiger partial charge in [0.05, 0.1) is 23.3 Å². The Hall–Kier alpha value is -4.94. The molecule has 1 aliphatic rings. The fourth-order valence-corrected chi connectivity index (χ4v) is 4.57. The number of fused-ring (bicyclic) bond motifs is 1. The van der Waals surface area contributed by atoms with E-state index in [1.54, 1.807) is 18.2 Å². The molecular weight excluding hydrogens is 546 g/mol. The number of hydrogen-bond acceptors (Lipinski definition) is 5. The third-order valence-corrected chi connectivity index (χ3v) is 6.56. The predicted octanol–water partition coefficient (Wildman–Crippen LogP) is 5.08. The zero-order valence-corrected chi connectivity index (χ0v) is 21.3. The lowest BCUT2D eigenvalue weighted by Gasteiger charge is -2.34. The van der Waals surface area contributed by atoms with E-state index in [-0.39, 0.29) is 39.1 Å². The summed E-state index contributed by atoms with van der Waals surface area (Å²) in [6.07, 6.45) is -4.15. The summed E-state index contributed by atoms with van der Waals surface area (Å²) in [6.45, 7) is 0.0279. The quantitative estimate of drug-likeness (QED) is 0.255. The molecule has 2 amide bonds. The summed E-state index contributed by atoms with van der Waals surface area (Å²) in [6, 6.07) is 14.0. The Morgan fingerprint density at radius 1 is 0.927 bits per heavy atom. The van der Waals surface area contributed by atoms with Gasteiger partial charge in [-0.15, -0.1) is 0 Å². The van der Waals surface area contributed by atoms with Crippen LogP contribution in [0.1, 0.15) is 32.8 Å². The molecule has 0 saturated carbocycles. The van der Waals surface area contributed by atoms with Crippen molar-refractivity contribution in [3.8, 4) is 0 Å². The van der Waals surface area contributed by atoms with Crippen LogP contribution in [0.2, 0.25) is 0 Å². The highest BCUT2D eigenvalue weighted by molar-refractivity contribution is 6.13. The normalized spacial score (nSPS) is 13.1. The molecule has 3 aromatic carbocycles. The van der Waals surface area contributed by atoms with E-state index in [9.17, 15) is 31.9 Å². The number of carbonyl (C=O) groups is 3. The number of para-hydroxylation sites is 1. The van der Waals surface area contributed by atoms with Gasteiger partial charge in [0.25, 0.3) is 11.8 Å². The van der Waals surface area contributed by atoms with E-state index in [0.717, 1.165) is 23.2 Å². The van der Waals surface area contributed by atoms with Crippen LogP contribution in [-0.2, 0) is 17.8 Å². The Morgan fingerprint density at radius 2 is 1.66 bits per heavy atom. The topological polar surface area (TPSA) is 117 Å². The number of benzene rings is 3. The van der Waals surface area contributed by atoms with Crippen molar-refractivity contribution in [3.63, 3.8) is 0 Å². The van der Waals surface area contributed by atoms with E-state index >= 15 is 0 Å². The molecule has 0 unspecified atom stereocenters. The van der Waals surface area contributed by atoms with Crippen molar-refractivity contribution in [2.24, 2.45) is 0 Å². The first-order valence-electron chi connectivity index (χ1n) is 12.5. The molecule has 1 aromatic heterocycles. The summed E-state index contributed by atoms with van der Waals surface area (Å²) in [7, 11) is 0. The van der Waals surface area contributed by atoms with Crippen LogP contribution in [0, 0.1) is 5.82 Å². The molecule has 2 heterocycles. The standard InChI is InChI=1S/C28H23F4N5O4/c29-18-7-8-20(17(12-18)14-24(38)39)33-26(40)16-6-9-23(36-10-3-11-36)21(13-16)34-27(41)25-19-4-1-2-5-22(19)37(35-25)15-28(30,31)32/h1-2,4-9,12-13H,3,10-11,14-15H2,(H,33,40)(H,34,41)(H,38,39). The first-order valence-corrected chi connectivity index (χ1v) is 12.5. The molecule has 5 rings (SSSR count). The average Bonchev–Trinajstić information content (AvgIpc) is 3.22. The lowest BCUT2D eigenvalue weighted by atomic mass is 10.1. The highest BCUT2D eigenvalue weighted by Gasteiger charge is 2.31. The fraction of sp³-hybridized carbons (Fsp3) is 0.214. The minimum atomic E-state index is -4.55. The molecule has 0 aliphatic carbocycles. The van der Waals surface area contributed by atoms with Gasteiger partial charge in [0.15, 0.2) is 5.69 Å². The highest BCUT2D eigenvalue weighted by Crippen LogP contribution is 2.32. The van der Waals surface area contributed by atoms with Crippen LogP contribution in [-0.4, -0.2) is 51.9 Å². The van der Waals surface area contributed by atoms with E-state index < -0.39 is 42.7 Å². The summed E-state index contributed by atoms with van der Waals surface area (Å²) in [5.41, 5.74) is 1.05. The maximum atomic E-state index is 13.7. The van der Waals surface area contributed by atoms with Crippen molar-refractivity contribution in [2.45, 2.75) is 25.6 Å². The second-order valence-electron chi connectivity index (χ2n) is 9.49. The summed E-state index contributed by atoms with van der Waals surface area (Å²) in [4.78, 5) is 39.6. The van der Waals surface area contributed by atoms with Crippen molar-refractivity contribution in [2.75, 3.05) is 28.6 Å². The number of hydrogen-bond donors (Lipinski definition) is 3. The number of alkyl halides is 3. The van der Waals surface area contributed by atoms with Crippen molar-refractivity contribution in [1.29, 1.82) is 0 Å². The number of carboxylic acid groups (broad SMARTS) is 1. The van der Waals surface area contributed by atoms with Crippen LogP contribution in [0.25, 0.3) is 10.9 Å². The molecule has 4 aromatic rings. The first kappa shape index (κ1) is 27.6. The maximum absolute atomic E-state index is 13.7. The van der Waals surface area contributed by atoms with Crippen LogP contribution in [0.15, 0.2) is 60.7 Å². The molecule has 0 bridgehead atoms. The lowest BCUT2D eigenvalue weighted by Crippen LogP contribution is -2.37. The molecule has 1 aliphatic heterocycles. The van der Waals surface area contributed by atoms with Gasteiger partial charge in [-0.3, -0.25) is 19.1 Å². The van der Waals surface area contributed by atoms with Gasteiger partial charge in [0.2, 0.25) is 0 Å². The Morgan fingerprint density at radius 3 is 2.34 bits per heavy atom. The van der Waals surface area contributed by atoms with E-state index in [0.29, 0.717) is 18.8 Å². The van der Waals surface area contributed by atoms with Gasteiger partial charge in [-0.05, 0) is 54.4 Å². The summed E-state index contributed by atoms with van der Waals surface area (Å²) >= 11 is 0. The lowest BCUT2D eigenvalue weighted by molar-refractivity contribution is -0.142. The van der Waals surface area contributed by atoms with Gasteiger partial charge < -0.3 is 20.6 Å². The Balaban J connectivity index is 1.46. The van der Waals surface area contributed by atoms with Crippen molar-refractivity contribution in [3.05, 3.63) is 83.3 Å². The molecule has 0 radical (unpaired) electrons. The molecular formula is C28H23F4N5O4. The van der Waals surface area contributed by atoms with Crippen molar-refractivity contribution in [1.82, 2.24) is 9.78 Å². The molecule has 9 nitrogen and oxygen atoms in total. The number of carbonyl (C=O) groups excluding carboxylic acids is 2. The van der Waals surface area contributed by atoms with Crippen LogP contribution >= 0.6 is 0 Å². The van der Waals surface area contributed by atoms with Gasteiger partial charge in [-0.25, -0.2) is 4.39 Å². The molecule has 212 valence electrons. The van der Waals surface area contributed by atoms with Gasteiger partial charge in [0, 0.05) is 29.7 Å². The molecule has 0 spiro atoms. The van der Waals surface area contributed by atoms with Crippen molar-refractivity contribution < 1.29 is 37.1 Å². The highest BCUT2D eigenvalue weighted by atomic mass is 19.4. The number of carboxylic acids is 1. The van der Waals surface area contributed by atoms with Crippen LogP contribution < -0.4 is 15.5 Å². The van der Waals surface area contributed by atoms with Gasteiger partial charge in [-0.1, -0.05) is 18.2 Å². The maximum Gasteiger partial charge on any atom is 0.408 e. The number of amides is 2. The number of aliphatic carboxylic acids is 1. The molecule has 3 N–H and O–H groups in total. The van der Waals surface area contributed by atoms with Crippen LogP contribution in [0.4, 0.5) is 34.6 Å². The number of anilines is 3. The molecule has 13 heteroatoms. The smallest absolute Gasteiger partial charge is 0.408 e. The van der Waals surface area contributed by atoms with E-state index in [1.165, 1.54) is 30.3 Å². The monoisotopic (exact) mass is 569 g/mol. The third kappa shape index (κ3) is 6.13. The SMILES string of the molecule is O=C(O)Cc1cc(F)ccc1NC(=O)c1ccc(N2CCC2)c(NC(=O)c2nn(CC(F)(F)F)c3ccccc23)c1. The number of halogens is 4. The molecule has 1 fully saturated rings. The van der Waals surface area contributed by atoms with E-state index in [2.05, 4.69) is 15.7 Å². The summed E-state index contributed by atoms with van der Waals surface area (Å²) in [5.74, 6) is -3.27. The number of aromatic nitrogens is 2. The van der Waals surface area contributed by atoms with Crippen molar-refractivity contribution >= 4 is 45.7 Å². The molecule has 0 atom stereocenters. The van der Waals surface area contributed by atoms with Gasteiger partial charge in [0.1, 0.15) is 12.4 Å². The minimum Gasteiger partial charge on any atom is -0.481 e. The molecule has 41 heavy (non-hydrogen) atoms.